The van der Waals surface area contributed by atoms with Gasteiger partial charge in [0.1, 0.15) is 0 Å². The highest BCUT2D eigenvalue weighted by Crippen LogP contribution is 2.20. The van der Waals surface area contributed by atoms with Crippen LogP contribution in [0.1, 0.15) is 52.5 Å². The SMILES string of the molecule is CCCNCc1ccccc1S(=O)(=O)NC(C)(C)CCC. The monoisotopic (exact) mass is 312 g/mol. The summed E-state index contributed by atoms with van der Waals surface area (Å²) in [6.45, 7) is 9.43. The van der Waals surface area contributed by atoms with E-state index in [1.807, 2.05) is 26.0 Å². The van der Waals surface area contributed by atoms with Crippen molar-refractivity contribution in [3.05, 3.63) is 29.8 Å². The summed E-state index contributed by atoms with van der Waals surface area (Å²) in [5.41, 5.74) is 0.378. The van der Waals surface area contributed by atoms with E-state index in [0.717, 1.165) is 31.4 Å². The van der Waals surface area contributed by atoms with Crippen molar-refractivity contribution in [3.63, 3.8) is 0 Å². The molecule has 0 aliphatic rings. The summed E-state index contributed by atoms with van der Waals surface area (Å²) in [6, 6.07) is 7.18. The second kappa shape index (κ2) is 7.92. The molecule has 21 heavy (non-hydrogen) atoms. The Bertz CT molecular complexity index is 539. The Balaban J connectivity index is 2.97. The number of rotatable bonds is 9. The molecule has 0 heterocycles. The molecule has 0 aromatic heterocycles. The molecular weight excluding hydrogens is 284 g/mol. The topological polar surface area (TPSA) is 58.2 Å². The molecule has 0 bridgehead atoms. The first-order valence-electron chi connectivity index (χ1n) is 7.65. The van der Waals surface area contributed by atoms with E-state index >= 15 is 0 Å². The van der Waals surface area contributed by atoms with E-state index in [0.29, 0.717) is 11.4 Å². The van der Waals surface area contributed by atoms with Crippen LogP contribution < -0.4 is 10.0 Å². The standard InChI is InChI=1S/C16H28N2O2S/c1-5-11-16(3,4)18-21(19,20)15-10-8-7-9-14(15)13-17-12-6-2/h7-10,17-18H,5-6,11-13H2,1-4H3. The molecule has 1 rings (SSSR count). The normalized spacial score (nSPS) is 12.6. The highest BCUT2D eigenvalue weighted by atomic mass is 32.2. The van der Waals surface area contributed by atoms with E-state index in [9.17, 15) is 8.42 Å². The average Bonchev–Trinajstić information content (AvgIpc) is 2.38. The summed E-state index contributed by atoms with van der Waals surface area (Å²) in [6.07, 6.45) is 2.77. The second-order valence-electron chi connectivity index (χ2n) is 6.02. The number of benzene rings is 1. The minimum atomic E-state index is -3.50. The maximum absolute atomic E-state index is 12.6. The first-order valence-corrected chi connectivity index (χ1v) is 9.13. The summed E-state index contributed by atoms with van der Waals surface area (Å²) in [7, 11) is -3.50. The maximum atomic E-state index is 12.6. The van der Waals surface area contributed by atoms with Gasteiger partial charge in [0.2, 0.25) is 10.0 Å². The van der Waals surface area contributed by atoms with Gasteiger partial charge in [0.05, 0.1) is 4.90 Å². The zero-order valence-electron chi connectivity index (χ0n) is 13.6. The lowest BCUT2D eigenvalue weighted by Gasteiger charge is -2.26. The zero-order chi connectivity index (χ0) is 15.9. The predicted molar refractivity (Wildman–Crippen MR) is 87.7 cm³/mol. The van der Waals surface area contributed by atoms with Gasteiger partial charge in [-0.3, -0.25) is 0 Å². The molecule has 1 aromatic carbocycles. The molecule has 0 amide bonds. The highest BCUT2D eigenvalue weighted by Gasteiger charge is 2.26. The Morgan fingerprint density at radius 1 is 1.10 bits per heavy atom. The minimum absolute atomic E-state index is 0.373. The molecule has 0 spiro atoms. The summed E-state index contributed by atoms with van der Waals surface area (Å²) in [5, 5.41) is 3.26. The Morgan fingerprint density at radius 3 is 2.38 bits per heavy atom. The van der Waals surface area contributed by atoms with Gasteiger partial charge in [0, 0.05) is 12.1 Å². The third kappa shape index (κ3) is 5.77. The molecule has 2 N–H and O–H groups in total. The molecule has 0 aliphatic carbocycles. The van der Waals surface area contributed by atoms with E-state index in [4.69, 9.17) is 0 Å². The number of hydrogen-bond donors (Lipinski definition) is 2. The average molecular weight is 312 g/mol. The lowest BCUT2D eigenvalue weighted by Crippen LogP contribution is -2.43. The van der Waals surface area contributed by atoms with Crippen molar-refractivity contribution >= 4 is 10.0 Å². The Kier molecular flexibility index (Phi) is 6.84. The van der Waals surface area contributed by atoms with Crippen molar-refractivity contribution < 1.29 is 8.42 Å². The fourth-order valence-electron chi connectivity index (χ4n) is 2.41. The van der Waals surface area contributed by atoms with Gasteiger partial charge < -0.3 is 5.32 Å². The molecule has 1 aromatic rings. The van der Waals surface area contributed by atoms with Crippen LogP contribution in [0.25, 0.3) is 0 Å². The molecule has 4 nitrogen and oxygen atoms in total. The van der Waals surface area contributed by atoms with Crippen molar-refractivity contribution in [2.45, 2.75) is 63.9 Å². The van der Waals surface area contributed by atoms with Gasteiger partial charge in [-0.05, 0) is 44.9 Å². The first kappa shape index (κ1) is 18.1. The van der Waals surface area contributed by atoms with Crippen LogP contribution in [0.2, 0.25) is 0 Å². The highest BCUT2D eigenvalue weighted by molar-refractivity contribution is 7.89. The number of sulfonamides is 1. The summed E-state index contributed by atoms with van der Waals surface area (Å²) < 4.78 is 28.1. The van der Waals surface area contributed by atoms with Crippen LogP contribution in [-0.4, -0.2) is 20.5 Å². The third-order valence-electron chi connectivity index (χ3n) is 3.29. The third-order valence-corrected chi connectivity index (χ3v) is 5.09. The quantitative estimate of drug-likeness (QED) is 0.689. The lowest BCUT2D eigenvalue weighted by molar-refractivity contribution is 0.417. The van der Waals surface area contributed by atoms with E-state index in [1.54, 1.807) is 12.1 Å². The smallest absolute Gasteiger partial charge is 0.241 e. The lowest BCUT2D eigenvalue weighted by atomic mass is 10.0. The molecule has 0 fully saturated rings. The summed E-state index contributed by atoms with van der Waals surface area (Å²) >= 11 is 0. The Morgan fingerprint density at radius 2 is 1.76 bits per heavy atom. The minimum Gasteiger partial charge on any atom is -0.313 e. The van der Waals surface area contributed by atoms with Crippen molar-refractivity contribution in [3.8, 4) is 0 Å². The van der Waals surface area contributed by atoms with Gasteiger partial charge in [0.25, 0.3) is 0 Å². The van der Waals surface area contributed by atoms with E-state index < -0.39 is 15.6 Å². The molecular formula is C16H28N2O2S. The van der Waals surface area contributed by atoms with E-state index in [-0.39, 0.29) is 0 Å². The Hall–Kier alpha value is -0.910. The van der Waals surface area contributed by atoms with Gasteiger partial charge in [0.15, 0.2) is 0 Å². The van der Waals surface area contributed by atoms with Crippen molar-refractivity contribution in [1.82, 2.24) is 10.0 Å². The largest absolute Gasteiger partial charge is 0.313 e. The van der Waals surface area contributed by atoms with Crippen molar-refractivity contribution in [2.24, 2.45) is 0 Å². The van der Waals surface area contributed by atoms with Crippen LogP contribution in [0.15, 0.2) is 29.2 Å². The van der Waals surface area contributed by atoms with Gasteiger partial charge in [-0.1, -0.05) is 38.5 Å². The van der Waals surface area contributed by atoms with Crippen LogP contribution in [0, 0.1) is 0 Å². The van der Waals surface area contributed by atoms with Gasteiger partial charge in [-0.2, -0.15) is 0 Å². The number of nitrogens with one attached hydrogen (secondary N) is 2. The van der Waals surface area contributed by atoms with Gasteiger partial charge in [-0.15, -0.1) is 0 Å². The van der Waals surface area contributed by atoms with Crippen LogP contribution in [0.3, 0.4) is 0 Å². The van der Waals surface area contributed by atoms with Crippen molar-refractivity contribution in [1.29, 1.82) is 0 Å². The number of hydrogen-bond acceptors (Lipinski definition) is 3. The molecule has 0 atom stereocenters. The zero-order valence-corrected chi connectivity index (χ0v) is 14.4. The fraction of sp³-hybridized carbons (Fsp3) is 0.625. The maximum Gasteiger partial charge on any atom is 0.241 e. The molecule has 0 saturated heterocycles. The van der Waals surface area contributed by atoms with Gasteiger partial charge >= 0.3 is 0 Å². The van der Waals surface area contributed by atoms with Crippen molar-refractivity contribution in [2.75, 3.05) is 6.54 Å². The van der Waals surface area contributed by atoms with E-state index in [1.165, 1.54) is 0 Å². The predicted octanol–water partition coefficient (Wildman–Crippen LogP) is 3.04. The molecule has 0 radical (unpaired) electrons. The van der Waals surface area contributed by atoms with Gasteiger partial charge in [-0.25, -0.2) is 13.1 Å². The first-order chi connectivity index (χ1) is 9.82. The van der Waals surface area contributed by atoms with Crippen LogP contribution in [-0.2, 0) is 16.6 Å². The van der Waals surface area contributed by atoms with Crippen LogP contribution in [0.4, 0.5) is 0 Å². The molecule has 0 unspecified atom stereocenters. The second-order valence-corrected chi connectivity index (χ2v) is 7.67. The Labute approximate surface area is 129 Å². The van der Waals surface area contributed by atoms with Crippen LogP contribution >= 0.6 is 0 Å². The molecule has 0 saturated carbocycles. The van der Waals surface area contributed by atoms with E-state index in [2.05, 4.69) is 23.9 Å². The fourth-order valence-corrected chi connectivity index (χ4v) is 4.09. The summed E-state index contributed by atoms with van der Waals surface area (Å²) in [5.74, 6) is 0. The summed E-state index contributed by atoms with van der Waals surface area (Å²) in [4.78, 5) is 0.373. The molecule has 120 valence electrons. The van der Waals surface area contributed by atoms with Crippen LogP contribution in [0.5, 0.6) is 0 Å². The molecule has 0 aliphatic heterocycles. The molecule has 5 heteroatoms.